The van der Waals surface area contributed by atoms with Crippen LogP contribution in [0.2, 0.25) is 0 Å². The highest BCUT2D eigenvalue weighted by Gasteiger charge is 2.53. The lowest BCUT2D eigenvalue weighted by atomic mass is 9.85. The first kappa shape index (κ1) is 27.7. The van der Waals surface area contributed by atoms with Crippen molar-refractivity contribution in [3.05, 3.63) is 35.4 Å². The van der Waals surface area contributed by atoms with Crippen LogP contribution in [0.25, 0.3) is 0 Å². The molecular weight excluding hydrogens is 498 g/mol. The maximum Gasteiger partial charge on any atom is 0.251 e. The zero-order chi connectivity index (χ0) is 27.0. The fraction of sp³-hybridized carbons (Fsp3) is 0.700. The quantitative estimate of drug-likeness (QED) is 0.565. The number of carbonyl (C=O) groups is 3. The van der Waals surface area contributed by atoms with E-state index in [0.29, 0.717) is 24.4 Å². The number of ether oxygens (including phenoxy) is 1. The second kappa shape index (κ2) is 11.3. The van der Waals surface area contributed by atoms with Gasteiger partial charge in [-0.1, -0.05) is 39.3 Å². The van der Waals surface area contributed by atoms with Gasteiger partial charge in [0.1, 0.15) is 18.7 Å². The number of carbonyl (C=O) groups excluding carboxylic acids is 3. The van der Waals surface area contributed by atoms with E-state index in [1.807, 2.05) is 18.4 Å². The first-order chi connectivity index (χ1) is 18.1. The average Bonchev–Trinajstić information content (AvgIpc) is 3.42. The van der Waals surface area contributed by atoms with Crippen molar-refractivity contribution < 1.29 is 19.1 Å². The van der Waals surface area contributed by atoms with E-state index in [2.05, 4.69) is 43.1 Å². The molecule has 1 aliphatic carbocycles. The van der Waals surface area contributed by atoms with E-state index < -0.39 is 12.1 Å². The molecule has 3 aliphatic heterocycles. The maximum absolute atomic E-state index is 13.8. The number of benzene rings is 1. The summed E-state index contributed by atoms with van der Waals surface area (Å²) in [6.45, 7) is 9.03. The van der Waals surface area contributed by atoms with Crippen LogP contribution in [0.3, 0.4) is 0 Å². The van der Waals surface area contributed by atoms with Gasteiger partial charge < -0.3 is 19.9 Å². The number of amides is 2. The molecule has 0 unspecified atom stereocenters. The second-order valence-corrected chi connectivity index (χ2v) is 13.8. The summed E-state index contributed by atoms with van der Waals surface area (Å²) in [6.07, 6.45) is 8.63. The van der Waals surface area contributed by atoms with Crippen molar-refractivity contribution in [2.45, 2.75) is 94.7 Å². The van der Waals surface area contributed by atoms with E-state index in [1.165, 1.54) is 37.7 Å². The number of thioether (sulfide) groups is 1. The lowest BCUT2D eigenvalue weighted by molar-refractivity contribution is -0.138. The summed E-state index contributed by atoms with van der Waals surface area (Å²) in [7, 11) is 0. The van der Waals surface area contributed by atoms with Crippen LogP contribution in [0.1, 0.15) is 81.1 Å². The predicted octanol–water partition coefficient (Wildman–Crippen LogP) is 3.86. The normalized spacial score (nSPS) is 27.7. The molecule has 4 fully saturated rings. The number of Topliss-reactive ketones (excluding diaryl/α,β-unsaturated/α-hetero) is 1. The molecule has 5 rings (SSSR count). The smallest absolute Gasteiger partial charge is 0.251 e. The monoisotopic (exact) mass is 541 g/mol. The number of nitrogens with zero attached hydrogens (tertiary/aromatic N) is 2. The zero-order valence-electron chi connectivity index (χ0n) is 23.3. The van der Waals surface area contributed by atoms with Gasteiger partial charge in [-0.2, -0.15) is 11.8 Å². The van der Waals surface area contributed by atoms with Crippen LogP contribution in [-0.2, 0) is 14.3 Å². The molecule has 4 aliphatic rings. The minimum absolute atomic E-state index is 0.0464. The van der Waals surface area contributed by atoms with Crippen LogP contribution in [-0.4, -0.2) is 89.4 Å². The Hall–Kier alpha value is -1.90. The van der Waals surface area contributed by atoms with E-state index in [4.69, 9.17) is 4.74 Å². The number of hydrogen-bond donors (Lipinski definition) is 1. The fourth-order valence-corrected chi connectivity index (χ4v) is 7.36. The maximum atomic E-state index is 13.8. The van der Waals surface area contributed by atoms with Gasteiger partial charge in [-0.15, -0.1) is 0 Å². The van der Waals surface area contributed by atoms with E-state index in [1.54, 1.807) is 16.7 Å². The van der Waals surface area contributed by atoms with Crippen LogP contribution >= 0.6 is 11.8 Å². The van der Waals surface area contributed by atoms with Crippen LogP contribution < -0.4 is 5.32 Å². The van der Waals surface area contributed by atoms with Crippen LogP contribution in [0, 0.1) is 5.41 Å². The summed E-state index contributed by atoms with van der Waals surface area (Å²) in [6, 6.07) is 7.52. The zero-order valence-corrected chi connectivity index (χ0v) is 24.1. The standard InChI is InChI=1S/C30H43N3O4S/c1-30(2,3)16-23(29(36)33-17-25(38-4)27-26(33)24(34)18-37-27)31-28(35)21-10-8-19(9-11-21)20-12-14-32(15-13-20)22-6-5-7-22/h8-11,20,22-23,25-27H,5-7,12-18H2,1-4H3,(H,31,35)/t23-,25-,26+,27+/m0/s1. The van der Waals surface area contributed by atoms with Gasteiger partial charge in [0.25, 0.3) is 5.91 Å². The summed E-state index contributed by atoms with van der Waals surface area (Å²) in [5.41, 5.74) is 1.68. The highest BCUT2D eigenvalue weighted by atomic mass is 32.2. The Labute approximate surface area is 231 Å². The molecule has 8 heteroatoms. The predicted molar refractivity (Wildman–Crippen MR) is 151 cm³/mol. The molecule has 0 spiro atoms. The molecule has 1 aromatic carbocycles. The largest absolute Gasteiger partial charge is 0.367 e. The Kier molecular flexibility index (Phi) is 8.22. The molecule has 38 heavy (non-hydrogen) atoms. The number of rotatable bonds is 7. The topological polar surface area (TPSA) is 79.0 Å². The lowest BCUT2D eigenvalue weighted by Crippen LogP contribution is -2.53. The molecule has 1 N–H and O–H groups in total. The Bertz CT molecular complexity index is 1030. The van der Waals surface area contributed by atoms with Crippen molar-refractivity contribution >= 4 is 29.4 Å². The van der Waals surface area contributed by atoms with Crippen molar-refractivity contribution in [1.82, 2.24) is 15.1 Å². The molecule has 7 nitrogen and oxygen atoms in total. The number of hydrogen-bond acceptors (Lipinski definition) is 6. The molecule has 1 saturated carbocycles. The summed E-state index contributed by atoms with van der Waals surface area (Å²) in [4.78, 5) is 44.0. The first-order valence-corrected chi connectivity index (χ1v) is 15.6. The summed E-state index contributed by atoms with van der Waals surface area (Å²) in [5, 5.41) is 3.09. The van der Waals surface area contributed by atoms with E-state index >= 15 is 0 Å². The highest BCUT2D eigenvalue weighted by Crippen LogP contribution is 2.35. The Morgan fingerprint density at radius 1 is 1.11 bits per heavy atom. The molecule has 2 amide bonds. The number of likely N-dealkylation sites (tertiary alicyclic amines) is 2. The van der Waals surface area contributed by atoms with Gasteiger partial charge in [0, 0.05) is 18.2 Å². The van der Waals surface area contributed by atoms with Crippen molar-refractivity contribution in [2.75, 3.05) is 32.5 Å². The van der Waals surface area contributed by atoms with Crippen molar-refractivity contribution in [1.29, 1.82) is 0 Å². The van der Waals surface area contributed by atoms with Gasteiger partial charge >= 0.3 is 0 Å². The molecular formula is C30H43N3O4S. The number of nitrogens with one attached hydrogen (secondary N) is 1. The number of fused-ring (bicyclic) bond motifs is 1. The Morgan fingerprint density at radius 2 is 1.79 bits per heavy atom. The molecule has 1 aromatic rings. The van der Waals surface area contributed by atoms with Gasteiger partial charge in [-0.25, -0.2) is 0 Å². The minimum atomic E-state index is -0.701. The van der Waals surface area contributed by atoms with Crippen LogP contribution in [0.4, 0.5) is 0 Å². The first-order valence-electron chi connectivity index (χ1n) is 14.3. The second-order valence-electron chi connectivity index (χ2n) is 12.8. The lowest BCUT2D eigenvalue weighted by Gasteiger charge is -2.42. The summed E-state index contributed by atoms with van der Waals surface area (Å²) >= 11 is 1.62. The third kappa shape index (κ3) is 5.82. The van der Waals surface area contributed by atoms with Gasteiger partial charge in [0.2, 0.25) is 5.91 Å². The summed E-state index contributed by atoms with van der Waals surface area (Å²) < 4.78 is 5.74. The van der Waals surface area contributed by atoms with Crippen molar-refractivity contribution in [2.24, 2.45) is 5.41 Å². The molecule has 208 valence electrons. The van der Waals surface area contributed by atoms with E-state index in [-0.39, 0.29) is 41.0 Å². The van der Waals surface area contributed by atoms with E-state index in [0.717, 1.165) is 19.1 Å². The van der Waals surface area contributed by atoms with Gasteiger partial charge in [0.05, 0.1) is 11.4 Å². The van der Waals surface area contributed by atoms with Gasteiger partial charge in [-0.3, -0.25) is 14.4 Å². The third-order valence-electron chi connectivity index (χ3n) is 8.91. The van der Waals surface area contributed by atoms with Crippen molar-refractivity contribution in [3.63, 3.8) is 0 Å². The van der Waals surface area contributed by atoms with Gasteiger partial charge in [0.15, 0.2) is 5.78 Å². The molecule has 0 radical (unpaired) electrons. The third-order valence-corrected chi connectivity index (χ3v) is 9.93. The minimum Gasteiger partial charge on any atom is -0.367 e. The molecule has 3 saturated heterocycles. The fourth-order valence-electron chi connectivity index (χ4n) is 6.56. The van der Waals surface area contributed by atoms with E-state index in [9.17, 15) is 14.4 Å². The molecule has 4 atom stereocenters. The Balaban J connectivity index is 1.24. The highest BCUT2D eigenvalue weighted by molar-refractivity contribution is 7.99. The SMILES string of the molecule is CS[C@H]1CN(C(=O)[C@H](CC(C)(C)C)NC(=O)c2ccc(C3CCN(C4CCC4)CC3)cc2)[C@@H]2C(=O)CO[C@H]12. The summed E-state index contributed by atoms with van der Waals surface area (Å²) in [5.74, 6) is 0.0609. The Morgan fingerprint density at radius 3 is 2.37 bits per heavy atom. The van der Waals surface area contributed by atoms with Crippen molar-refractivity contribution in [3.8, 4) is 0 Å². The molecule has 0 aromatic heterocycles. The number of piperidine rings is 1. The average molecular weight is 542 g/mol. The number of ketones is 1. The van der Waals surface area contributed by atoms with Crippen LogP contribution in [0.5, 0.6) is 0 Å². The van der Waals surface area contributed by atoms with Crippen LogP contribution in [0.15, 0.2) is 24.3 Å². The van der Waals surface area contributed by atoms with Gasteiger partial charge in [-0.05, 0) is 80.5 Å². The molecule has 3 heterocycles. The molecule has 0 bridgehead atoms.